The minimum absolute atomic E-state index is 0.777. The molecule has 0 unspecified atom stereocenters. The van der Waals surface area contributed by atoms with Crippen LogP contribution in [0.25, 0.3) is 0 Å². The minimum Gasteiger partial charge on any atom is -0.396 e. The predicted molar refractivity (Wildman–Crippen MR) is 85.3 cm³/mol. The molecule has 106 valence electrons. The summed E-state index contributed by atoms with van der Waals surface area (Å²) in [6.07, 6.45) is 2.96. The van der Waals surface area contributed by atoms with E-state index in [1.165, 1.54) is 5.56 Å². The average Bonchev–Trinajstić information content (AvgIpc) is 3.00. The molecule has 4 nitrogen and oxygen atoms in total. The van der Waals surface area contributed by atoms with Crippen LogP contribution in [0, 0.1) is 0 Å². The Hall–Kier alpha value is -1.59. The second-order valence-electron chi connectivity index (χ2n) is 5.13. The lowest BCUT2D eigenvalue weighted by atomic mass is 10.2. The molecule has 1 aliphatic heterocycles. The van der Waals surface area contributed by atoms with Crippen LogP contribution in [0.1, 0.15) is 5.56 Å². The van der Waals surface area contributed by atoms with E-state index < -0.39 is 0 Å². The molecule has 20 heavy (non-hydrogen) atoms. The highest BCUT2D eigenvalue weighted by Gasteiger charge is 2.19. The van der Waals surface area contributed by atoms with Gasteiger partial charge in [0.05, 0.1) is 5.69 Å². The maximum Gasteiger partial charge on any atom is 0.151 e. The maximum atomic E-state index is 5.99. The van der Waals surface area contributed by atoms with Gasteiger partial charge in [-0.15, -0.1) is 0 Å². The highest BCUT2D eigenvalue weighted by atomic mass is 32.1. The zero-order chi connectivity index (χ0) is 13.8. The van der Waals surface area contributed by atoms with Crippen LogP contribution in [-0.2, 0) is 6.42 Å². The van der Waals surface area contributed by atoms with E-state index in [1.807, 2.05) is 18.3 Å². The number of nitrogen functional groups attached to an aromatic ring is 1. The van der Waals surface area contributed by atoms with E-state index in [1.54, 1.807) is 11.3 Å². The Labute approximate surface area is 123 Å². The van der Waals surface area contributed by atoms with Crippen LogP contribution in [0.2, 0.25) is 0 Å². The predicted octanol–water partition coefficient (Wildman–Crippen LogP) is 2.09. The number of piperazine rings is 1. The number of nitrogens with zero attached hydrogens (tertiary/aromatic N) is 3. The van der Waals surface area contributed by atoms with Gasteiger partial charge in [-0.25, -0.2) is 4.98 Å². The molecule has 1 fully saturated rings. The zero-order valence-electron chi connectivity index (χ0n) is 11.5. The fourth-order valence-electron chi connectivity index (χ4n) is 2.58. The molecule has 0 amide bonds. The molecule has 2 N–H and O–H groups in total. The van der Waals surface area contributed by atoms with Gasteiger partial charge >= 0.3 is 0 Å². The van der Waals surface area contributed by atoms with E-state index in [-0.39, 0.29) is 0 Å². The van der Waals surface area contributed by atoms with E-state index >= 15 is 0 Å². The molecule has 2 aromatic heterocycles. The summed E-state index contributed by atoms with van der Waals surface area (Å²) < 4.78 is 0. The summed E-state index contributed by atoms with van der Waals surface area (Å²) in [7, 11) is 0. The Bertz CT molecular complexity index is 533. The second-order valence-corrected chi connectivity index (χ2v) is 5.91. The topological polar surface area (TPSA) is 45.4 Å². The van der Waals surface area contributed by atoms with E-state index in [0.717, 1.165) is 50.6 Å². The molecule has 1 aliphatic rings. The third-order valence-corrected chi connectivity index (χ3v) is 4.52. The molecule has 0 atom stereocenters. The quantitative estimate of drug-likeness (QED) is 0.936. The number of hydrogen-bond acceptors (Lipinski definition) is 5. The van der Waals surface area contributed by atoms with Crippen LogP contribution in [0.5, 0.6) is 0 Å². The molecule has 1 saturated heterocycles. The summed E-state index contributed by atoms with van der Waals surface area (Å²) in [6.45, 7) is 5.32. The van der Waals surface area contributed by atoms with Crippen molar-refractivity contribution in [2.24, 2.45) is 0 Å². The summed E-state index contributed by atoms with van der Waals surface area (Å²) in [5.41, 5.74) is 8.22. The van der Waals surface area contributed by atoms with Crippen LogP contribution < -0.4 is 10.6 Å². The number of aromatic nitrogens is 1. The van der Waals surface area contributed by atoms with E-state index in [0.29, 0.717) is 0 Å². The Kier molecular flexibility index (Phi) is 4.18. The number of nitrogens with two attached hydrogens (primary N) is 1. The number of anilines is 2. The molecule has 2 aromatic rings. The first kappa shape index (κ1) is 13.4. The van der Waals surface area contributed by atoms with E-state index in [9.17, 15) is 0 Å². The van der Waals surface area contributed by atoms with Crippen molar-refractivity contribution in [2.75, 3.05) is 43.4 Å². The summed E-state index contributed by atoms with van der Waals surface area (Å²) in [5, 5.41) is 4.39. The summed E-state index contributed by atoms with van der Waals surface area (Å²) >= 11 is 1.78. The molecule has 5 heteroatoms. The third-order valence-electron chi connectivity index (χ3n) is 3.79. The maximum absolute atomic E-state index is 5.99. The molecule has 0 spiro atoms. The van der Waals surface area contributed by atoms with Crippen LogP contribution in [-0.4, -0.2) is 42.6 Å². The third kappa shape index (κ3) is 3.11. The molecule has 3 rings (SSSR count). The van der Waals surface area contributed by atoms with Gasteiger partial charge in [0.15, 0.2) is 5.82 Å². The average molecular weight is 288 g/mol. The fraction of sp³-hybridized carbons (Fsp3) is 0.400. The molecule has 0 aliphatic carbocycles. The van der Waals surface area contributed by atoms with Crippen molar-refractivity contribution < 1.29 is 0 Å². The molecular formula is C15H20N4S. The highest BCUT2D eigenvalue weighted by Crippen LogP contribution is 2.20. The molecule has 0 bridgehead atoms. The standard InChI is InChI=1S/C15H20N4S/c16-14-2-1-5-17-15(14)19-9-7-18(8-10-19)6-3-13-4-11-20-12-13/h1-2,4-5,11-12H,3,6-10,16H2. The van der Waals surface area contributed by atoms with E-state index in [4.69, 9.17) is 5.73 Å². The normalized spacial score (nSPS) is 16.5. The fourth-order valence-corrected chi connectivity index (χ4v) is 3.28. The lowest BCUT2D eigenvalue weighted by Gasteiger charge is -2.35. The lowest BCUT2D eigenvalue weighted by molar-refractivity contribution is 0.260. The Morgan fingerprint density at radius 3 is 2.75 bits per heavy atom. The smallest absolute Gasteiger partial charge is 0.151 e. The van der Waals surface area contributed by atoms with Crippen molar-refractivity contribution in [2.45, 2.75) is 6.42 Å². The van der Waals surface area contributed by atoms with Gasteiger partial charge in [-0.3, -0.25) is 4.90 Å². The first-order valence-electron chi connectivity index (χ1n) is 7.02. The first-order chi connectivity index (χ1) is 9.83. The molecule has 0 saturated carbocycles. The SMILES string of the molecule is Nc1cccnc1N1CCN(CCc2ccsc2)CC1. The van der Waals surface area contributed by atoms with Crippen LogP contribution in [0.4, 0.5) is 11.5 Å². The van der Waals surface area contributed by atoms with Gasteiger partial charge in [-0.05, 0) is 40.9 Å². The van der Waals surface area contributed by atoms with Crippen LogP contribution >= 0.6 is 11.3 Å². The highest BCUT2D eigenvalue weighted by molar-refractivity contribution is 7.07. The van der Waals surface area contributed by atoms with Crippen molar-refractivity contribution in [1.29, 1.82) is 0 Å². The van der Waals surface area contributed by atoms with Gasteiger partial charge in [0.2, 0.25) is 0 Å². The van der Waals surface area contributed by atoms with Gasteiger partial charge in [0.1, 0.15) is 0 Å². The van der Waals surface area contributed by atoms with Gasteiger partial charge < -0.3 is 10.6 Å². The zero-order valence-corrected chi connectivity index (χ0v) is 12.4. The second kappa shape index (κ2) is 6.24. The Morgan fingerprint density at radius 2 is 2.05 bits per heavy atom. The van der Waals surface area contributed by atoms with Crippen molar-refractivity contribution in [3.63, 3.8) is 0 Å². The Morgan fingerprint density at radius 1 is 1.20 bits per heavy atom. The molecule has 3 heterocycles. The molecule has 0 aromatic carbocycles. The van der Waals surface area contributed by atoms with Crippen LogP contribution in [0.3, 0.4) is 0 Å². The van der Waals surface area contributed by atoms with E-state index in [2.05, 4.69) is 31.6 Å². The largest absolute Gasteiger partial charge is 0.396 e. The van der Waals surface area contributed by atoms with Crippen molar-refractivity contribution in [3.8, 4) is 0 Å². The lowest BCUT2D eigenvalue weighted by Crippen LogP contribution is -2.47. The number of pyridine rings is 1. The summed E-state index contributed by atoms with van der Waals surface area (Å²) in [5.74, 6) is 0.935. The summed E-state index contributed by atoms with van der Waals surface area (Å²) in [4.78, 5) is 9.21. The monoisotopic (exact) mass is 288 g/mol. The van der Waals surface area contributed by atoms with Gasteiger partial charge in [0.25, 0.3) is 0 Å². The van der Waals surface area contributed by atoms with Crippen molar-refractivity contribution >= 4 is 22.8 Å². The van der Waals surface area contributed by atoms with Gasteiger partial charge in [-0.2, -0.15) is 11.3 Å². The minimum atomic E-state index is 0.777. The van der Waals surface area contributed by atoms with Crippen molar-refractivity contribution in [3.05, 3.63) is 40.7 Å². The Balaban J connectivity index is 1.51. The number of rotatable bonds is 4. The first-order valence-corrected chi connectivity index (χ1v) is 7.96. The van der Waals surface area contributed by atoms with Crippen LogP contribution in [0.15, 0.2) is 35.2 Å². The van der Waals surface area contributed by atoms with Gasteiger partial charge in [-0.1, -0.05) is 0 Å². The van der Waals surface area contributed by atoms with Gasteiger partial charge in [0, 0.05) is 38.9 Å². The molecular weight excluding hydrogens is 268 g/mol. The number of hydrogen-bond donors (Lipinski definition) is 1. The molecule has 0 radical (unpaired) electrons. The number of thiophene rings is 1. The summed E-state index contributed by atoms with van der Waals surface area (Å²) in [6, 6.07) is 6.02. The van der Waals surface area contributed by atoms with Crippen molar-refractivity contribution in [1.82, 2.24) is 9.88 Å².